The van der Waals surface area contributed by atoms with Crippen LogP contribution in [-0.4, -0.2) is 9.97 Å². The predicted molar refractivity (Wildman–Crippen MR) is 64.1 cm³/mol. The fourth-order valence-electron chi connectivity index (χ4n) is 1.12. The van der Waals surface area contributed by atoms with Crippen molar-refractivity contribution in [2.75, 3.05) is 5.43 Å². The Morgan fingerprint density at radius 1 is 1.31 bits per heavy atom. The Morgan fingerprint density at radius 3 is 2.94 bits per heavy atom. The molecule has 6 heteroatoms. The highest BCUT2D eigenvalue weighted by atomic mass is 79.9. The first kappa shape index (κ1) is 10.8. The number of pyridine rings is 2. The second-order valence-corrected chi connectivity index (χ2v) is 3.86. The van der Waals surface area contributed by atoms with E-state index in [1.165, 1.54) is 0 Å². The molecule has 0 radical (unpaired) electrons. The molecule has 0 aliphatic rings. The average molecular weight is 281 g/mol. The lowest BCUT2D eigenvalue weighted by molar-refractivity contribution is 0.461. The van der Waals surface area contributed by atoms with E-state index in [4.69, 9.17) is 10.6 Å². The van der Waals surface area contributed by atoms with Crippen LogP contribution in [0.4, 0.5) is 5.82 Å². The maximum atomic E-state index is 5.50. The summed E-state index contributed by atoms with van der Waals surface area (Å²) >= 11 is 3.31. The number of nitrogen functional groups attached to an aromatic ring is 1. The van der Waals surface area contributed by atoms with Gasteiger partial charge in [0, 0.05) is 16.7 Å². The van der Waals surface area contributed by atoms with Gasteiger partial charge in [0.25, 0.3) is 0 Å². The summed E-state index contributed by atoms with van der Waals surface area (Å²) in [6, 6.07) is 7.08. The molecule has 0 fully saturated rings. The second kappa shape index (κ2) is 4.91. The van der Waals surface area contributed by atoms with Crippen molar-refractivity contribution in [1.82, 2.24) is 9.97 Å². The van der Waals surface area contributed by atoms with Gasteiger partial charge >= 0.3 is 0 Å². The largest absolute Gasteiger partial charge is 0.437 e. The van der Waals surface area contributed by atoms with Crippen molar-refractivity contribution < 1.29 is 4.74 Å². The minimum atomic E-state index is 0.454. The van der Waals surface area contributed by atoms with Crippen molar-refractivity contribution in [2.24, 2.45) is 5.84 Å². The highest BCUT2D eigenvalue weighted by Gasteiger charge is 2.00. The van der Waals surface area contributed by atoms with Crippen molar-refractivity contribution >= 4 is 21.7 Å². The van der Waals surface area contributed by atoms with E-state index < -0.39 is 0 Å². The molecule has 0 bridgehead atoms. The van der Waals surface area contributed by atoms with Crippen molar-refractivity contribution in [3.63, 3.8) is 0 Å². The molecule has 0 amide bonds. The molecule has 0 spiro atoms. The van der Waals surface area contributed by atoms with Crippen molar-refractivity contribution in [3.8, 4) is 11.6 Å². The van der Waals surface area contributed by atoms with Gasteiger partial charge in [0.1, 0.15) is 11.6 Å². The molecule has 0 aliphatic carbocycles. The number of hydrazine groups is 1. The summed E-state index contributed by atoms with van der Waals surface area (Å²) in [5.41, 5.74) is 2.45. The smallest absolute Gasteiger partial charge is 0.221 e. The number of rotatable bonds is 3. The Hall–Kier alpha value is -1.66. The van der Waals surface area contributed by atoms with E-state index in [-0.39, 0.29) is 0 Å². The monoisotopic (exact) mass is 280 g/mol. The van der Waals surface area contributed by atoms with E-state index in [0.29, 0.717) is 17.4 Å². The molecule has 5 nitrogen and oxygen atoms in total. The van der Waals surface area contributed by atoms with Crippen LogP contribution < -0.4 is 16.0 Å². The standard InChI is InChI=1S/C10H9BrN4O/c11-7-4-8(6-13-5-7)16-10-3-1-2-9(14-10)15-12/h1-6H,12H2,(H,14,15). The molecular formula is C10H9BrN4O. The first-order valence-electron chi connectivity index (χ1n) is 4.50. The zero-order valence-corrected chi connectivity index (χ0v) is 9.81. The molecule has 2 aromatic rings. The minimum absolute atomic E-state index is 0.454. The molecule has 2 heterocycles. The lowest BCUT2D eigenvalue weighted by Crippen LogP contribution is -2.08. The highest BCUT2D eigenvalue weighted by molar-refractivity contribution is 9.10. The topological polar surface area (TPSA) is 73.1 Å². The number of anilines is 1. The van der Waals surface area contributed by atoms with Crippen LogP contribution in [0.2, 0.25) is 0 Å². The fourth-order valence-corrected chi connectivity index (χ4v) is 1.46. The van der Waals surface area contributed by atoms with Gasteiger partial charge in [-0.2, -0.15) is 4.98 Å². The van der Waals surface area contributed by atoms with E-state index in [0.717, 1.165) is 4.47 Å². The van der Waals surface area contributed by atoms with Crippen LogP contribution >= 0.6 is 15.9 Å². The Labute approximate surface area is 101 Å². The molecule has 0 aliphatic heterocycles. The second-order valence-electron chi connectivity index (χ2n) is 2.95. The maximum absolute atomic E-state index is 5.50. The Morgan fingerprint density at radius 2 is 2.19 bits per heavy atom. The number of nitrogens with two attached hydrogens (primary N) is 1. The van der Waals surface area contributed by atoms with Crippen LogP contribution in [0.25, 0.3) is 0 Å². The Bertz CT molecular complexity index is 492. The van der Waals surface area contributed by atoms with Crippen molar-refractivity contribution in [1.29, 1.82) is 0 Å². The van der Waals surface area contributed by atoms with Crippen LogP contribution in [0, 0.1) is 0 Å². The molecule has 0 unspecified atom stereocenters. The molecule has 2 aromatic heterocycles. The quantitative estimate of drug-likeness (QED) is 0.667. The van der Waals surface area contributed by atoms with E-state index in [1.54, 1.807) is 36.7 Å². The van der Waals surface area contributed by atoms with Crippen LogP contribution in [0.3, 0.4) is 0 Å². The lowest BCUT2D eigenvalue weighted by Gasteiger charge is -2.05. The third kappa shape index (κ3) is 2.68. The van der Waals surface area contributed by atoms with Gasteiger partial charge in [-0.3, -0.25) is 4.98 Å². The molecule has 0 saturated heterocycles. The molecule has 0 atom stereocenters. The molecule has 82 valence electrons. The van der Waals surface area contributed by atoms with Gasteiger partial charge in [-0.05, 0) is 28.1 Å². The first-order chi connectivity index (χ1) is 7.78. The van der Waals surface area contributed by atoms with Gasteiger partial charge in [0.2, 0.25) is 5.88 Å². The third-order valence-electron chi connectivity index (χ3n) is 1.77. The van der Waals surface area contributed by atoms with E-state index in [9.17, 15) is 0 Å². The summed E-state index contributed by atoms with van der Waals surface area (Å²) in [5.74, 6) is 6.85. The van der Waals surface area contributed by atoms with Crippen LogP contribution in [0.5, 0.6) is 11.6 Å². The third-order valence-corrected chi connectivity index (χ3v) is 2.21. The number of nitrogens with zero attached hydrogens (tertiary/aromatic N) is 2. The molecular weight excluding hydrogens is 272 g/mol. The zero-order chi connectivity index (χ0) is 11.4. The number of ether oxygens (including phenoxy) is 1. The van der Waals surface area contributed by atoms with Gasteiger partial charge in [0.15, 0.2) is 0 Å². The zero-order valence-electron chi connectivity index (χ0n) is 8.22. The molecule has 3 N–H and O–H groups in total. The lowest BCUT2D eigenvalue weighted by atomic mass is 10.4. The number of nitrogens with one attached hydrogen (secondary N) is 1. The van der Waals surface area contributed by atoms with Crippen LogP contribution in [0.15, 0.2) is 41.1 Å². The maximum Gasteiger partial charge on any atom is 0.221 e. The summed E-state index contributed by atoms with van der Waals surface area (Å²) in [4.78, 5) is 8.10. The normalized spacial score (nSPS) is 9.88. The highest BCUT2D eigenvalue weighted by Crippen LogP contribution is 2.22. The summed E-state index contributed by atoms with van der Waals surface area (Å²) < 4.78 is 6.35. The summed E-state index contributed by atoms with van der Waals surface area (Å²) in [6.07, 6.45) is 3.28. The molecule has 2 rings (SSSR count). The number of hydrogen-bond donors (Lipinski definition) is 2. The Kier molecular flexibility index (Phi) is 3.33. The number of halogens is 1. The van der Waals surface area contributed by atoms with Gasteiger partial charge in [-0.1, -0.05) is 6.07 Å². The van der Waals surface area contributed by atoms with E-state index >= 15 is 0 Å². The van der Waals surface area contributed by atoms with Gasteiger partial charge in [0.05, 0.1) is 6.20 Å². The summed E-state index contributed by atoms with van der Waals surface area (Å²) in [5, 5.41) is 0. The van der Waals surface area contributed by atoms with E-state index in [2.05, 4.69) is 31.3 Å². The van der Waals surface area contributed by atoms with Crippen LogP contribution in [-0.2, 0) is 0 Å². The first-order valence-corrected chi connectivity index (χ1v) is 5.29. The minimum Gasteiger partial charge on any atom is -0.437 e. The predicted octanol–water partition coefficient (Wildman–Crippen LogP) is 2.32. The van der Waals surface area contributed by atoms with Crippen LogP contribution in [0.1, 0.15) is 0 Å². The average Bonchev–Trinajstić information content (AvgIpc) is 2.29. The Balaban J connectivity index is 2.20. The fraction of sp³-hybridized carbons (Fsp3) is 0. The molecule has 0 aromatic carbocycles. The summed E-state index contributed by atoms with van der Waals surface area (Å²) in [6.45, 7) is 0. The van der Waals surface area contributed by atoms with Crippen molar-refractivity contribution in [3.05, 3.63) is 41.1 Å². The van der Waals surface area contributed by atoms with Gasteiger partial charge in [-0.15, -0.1) is 0 Å². The molecule has 0 saturated carbocycles. The summed E-state index contributed by atoms with van der Waals surface area (Å²) in [7, 11) is 0. The SMILES string of the molecule is NNc1cccc(Oc2cncc(Br)c2)n1. The molecule has 16 heavy (non-hydrogen) atoms. The number of aromatic nitrogens is 2. The number of hydrogen-bond acceptors (Lipinski definition) is 5. The van der Waals surface area contributed by atoms with Crippen molar-refractivity contribution in [2.45, 2.75) is 0 Å². The van der Waals surface area contributed by atoms with Gasteiger partial charge in [-0.25, -0.2) is 5.84 Å². The van der Waals surface area contributed by atoms with Gasteiger partial charge < -0.3 is 10.2 Å². The van der Waals surface area contributed by atoms with E-state index in [1.807, 2.05) is 0 Å².